The Hall–Kier alpha value is -2.06. The van der Waals surface area contributed by atoms with Crippen molar-refractivity contribution in [2.24, 2.45) is 0 Å². The van der Waals surface area contributed by atoms with Crippen LogP contribution in [0.3, 0.4) is 0 Å². The van der Waals surface area contributed by atoms with Crippen LogP contribution in [0.4, 0.5) is 0 Å². The van der Waals surface area contributed by atoms with E-state index in [9.17, 15) is 5.11 Å². The highest BCUT2D eigenvalue weighted by Gasteiger charge is 2.28. The number of hydrogen-bond acceptors (Lipinski definition) is 2. The van der Waals surface area contributed by atoms with Gasteiger partial charge in [-0.2, -0.15) is 0 Å². The molecular weight excluding hydrogens is 260 g/mol. The van der Waals surface area contributed by atoms with E-state index in [-0.39, 0.29) is 0 Å². The summed E-state index contributed by atoms with van der Waals surface area (Å²) < 4.78 is 5.54. The van der Waals surface area contributed by atoms with Crippen LogP contribution in [0.2, 0.25) is 0 Å². The summed E-state index contributed by atoms with van der Waals surface area (Å²) >= 11 is 0. The predicted octanol–water partition coefficient (Wildman–Crippen LogP) is 4.30. The molecule has 0 heterocycles. The summed E-state index contributed by atoms with van der Waals surface area (Å²) in [5.74, 6) is 1.21. The molecule has 0 saturated carbocycles. The van der Waals surface area contributed by atoms with E-state index in [4.69, 9.17) is 4.74 Å². The third-order valence-electron chi connectivity index (χ3n) is 4.03. The Morgan fingerprint density at radius 1 is 1.05 bits per heavy atom. The monoisotopic (exact) mass is 280 g/mol. The zero-order valence-electron chi connectivity index (χ0n) is 12.6. The normalized spacial score (nSPS) is 16.8. The Morgan fingerprint density at radius 2 is 1.76 bits per heavy atom. The van der Waals surface area contributed by atoms with Crippen molar-refractivity contribution in [1.29, 1.82) is 0 Å². The minimum Gasteiger partial charge on any atom is -0.496 e. The molecule has 2 aromatic rings. The number of aliphatic hydroxyl groups is 1. The van der Waals surface area contributed by atoms with Gasteiger partial charge in [0.15, 0.2) is 0 Å². The molecule has 2 aromatic carbocycles. The van der Waals surface area contributed by atoms with Gasteiger partial charge in [-0.15, -0.1) is 0 Å². The number of methoxy groups -OCH3 is 1. The Kier molecular flexibility index (Phi) is 3.56. The first-order chi connectivity index (χ1) is 10.1. The molecule has 0 bridgehead atoms. The number of ether oxygens (including phenoxy) is 1. The van der Waals surface area contributed by atoms with Crippen LogP contribution in [0, 0.1) is 0 Å². The molecule has 1 aliphatic carbocycles. The maximum atomic E-state index is 10.4. The van der Waals surface area contributed by atoms with Crippen LogP contribution < -0.4 is 4.74 Å². The molecule has 1 unspecified atom stereocenters. The molecule has 108 valence electrons. The average molecular weight is 280 g/mol. The number of aliphatic hydroxyl groups excluding tert-OH is 1. The molecule has 2 nitrogen and oxygen atoms in total. The van der Waals surface area contributed by atoms with Crippen molar-refractivity contribution < 1.29 is 9.84 Å². The first kappa shape index (κ1) is 13.9. The van der Waals surface area contributed by atoms with Crippen LogP contribution in [0.25, 0.3) is 5.57 Å². The first-order valence-electron chi connectivity index (χ1n) is 7.30. The number of fused-ring (bicyclic) bond motifs is 1. The lowest BCUT2D eigenvalue weighted by atomic mass is 9.88. The lowest BCUT2D eigenvalue weighted by molar-refractivity contribution is 0.232. The summed E-state index contributed by atoms with van der Waals surface area (Å²) in [7, 11) is 1.70. The van der Waals surface area contributed by atoms with Crippen LogP contribution in [0.5, 0.6) is 5.75 Å². The fourth-order valence-electron chi connectivity index (χ4n) is 3.10. The Labute approximate surface area is 125 Å². The minimum atomic E-state index is -0.543. The molecule has 0 saturated heterocycles. The highest BCUT2D eigenvalue weighted by Crippen LogP contribution is 2.45. The summed E-state index contributed by atoms with van der Waals surface area (Å²) in [5.41, 5.74) is 5.49. The molecule has 3 rings (SSSR count). The van der Waals surface area contributed by atoms with Crippen LogP contribution >= 0.6 is 0 Å². The van der Waals surface area contributed by atoms with Gasteiger partial charge in [-0.25, -0.2) is 0 Å². The maximum absolute atomic E-state index is 10.4. The van der Waals surface area contributed by atoms with E-state index in [0.29, 0.717) is 5.92 Å². The largest absolute Gasteiger partial charge is 0.496 e. The second kappa shape index (κ2) is 5.38. The highest BCUT2D eigenvalue weighted by molar-refractivity contribution is 5.88. The molecular formula is C19H20O2. The van der Waals surface area contributed by atoms with Gasteiger partial charge >= 0.3 is 0 Å². The molecule has 2 heteroatoms. The molecule has 1 atom stereocenters. The summed E-state index contributed by atoms with van der Waals surface area (Å²) in [5, 5.41) is 10.4. The molecule has 0 fully saturated rings. The Morgan fingerprint density at radius 3 is 2.38 bits per heavy atom. The average Bonchev–Trinajstić information content (AvgIpc) is 2.84. The lowest BCUT2D eigenvalue weighted by Gasteiger charge is -2.19. The van der Waals surface area contributed by atoms with Gasteiger partial charge in [0.25, 0.3) is 0 Å². The summed E-state index contributed by atoms with van der Waals surface area (Å²) in [6.45, 7) is 4.32. The zero-order valence-corrected chi connectivity index (χ0v) is 12.6. The predicted molar refractivity (Wildman–Crippen MR) is 85.6 cm³/mol. The molecule has 21 heavy (non-hydrogen) atoms. The standard InChI is InChI=1S/C19H20O2/c1-12(2)18-17(21-3)10-9-14-16(20)11-15(19(14)18)13-7-5-4-6-8-13/h4-12,16,20H,1-3H3. The smallest absolute Gasteiger partial charge is 0.122 e. The Balaban J connectivity index is 2.26. The summed E-state index contributed by atoms with van der Waals surface area (Å²) in [6, 6.07) is 14.1. The number of benzene rings is 2. The van der Waals surface area contributed by atoms with Gasteiger partial charge in [-0.05, 0) is 40.3 Å². The van der Waals surface area contributed by atoms with Gasteiger partial charge in [-0.1, -0.05) is 50.2 Å². The van der Waals surface area contributed by atoms with Crippen molar-refractivity contribution in [1.82, 2.24) is 0 Å². The van der Waals surface area contributed by atoms with E-state index >= 15 is 0 Å². The van der Waals surface area contributed by atoms with Gasteiger partial charge in [0, 0.05) is 5.56 Å². The second-order valence-electron chi connectivity index (χ2n) is 5.69. The van der Waals surface area contributed by atoms with Gasteiger partial charge in [0.2, 0.25) is 0 Å². The maximum Gasteiger partial charge on any atom is 0.122 e. The zero-order chi connectivity index (χ0) is 15.0. The van der Waals surface area contributed by atoms with Gasteiger partial charge in [0.05, 0.1) is 13.2 Å². The molecule has 0 aliphatic heterocycles. The third kappa shape index (κ3) is 2.26. The van der Waals surface area contributed by atoms with E-state index < -0.39 is 6.10 Å². The van der Waals surface area contributed by atoms with Crippen LogP contribution in [-0.4, -0.2) is 12.2 Å². The Bertz CT molecular complexity index is 684. The molecule has 0 radical (unpaired) electrons. The van der Waals surface area contributed by atoms with Crippen LogP contribution in [0.15, 0.2) is 48.5 Å². The van der Waals surface area contributed by atoms with E-state index in [1.165, 1.54) is 5.56 Å². The third-order valence-corrected chi connectivity index (χ3v) is 4.03. The molecule has 1 aliphatic rings. The second-order valence-corrected chi connectivity index (χ2v) is 5.69. The van der Waals surface area contributed by atoms with Crippen LogP contribution in [0.1, 0.15) is 48.1 Å². The van der Waals surface area contributed by atoms with Crippen molar-refractivity contribution in [3.8, 4) is 5.75 Å². The van der Waals surface area contributed by atoms with Crippen molar-refractivity contribution >= 4 is 5.57 Å². The number of hydrogen-bond donors (Lipinski definition) is 1. The van der Waals surface area contributed by atoms with Gasteiger partial charge in [-0.3, -0.25) is 0 Å². The SMILES string of the molecule is COc1ccc2c(c1C(C)C)C(c1ccccc1)=CC2O. The first-order valence-corrected chi connectivity index (χ1v) is 7.30. The quantitative estimate of drug-likeness (QED) is 0.908. The van der Waals surface area contributed by atoms with Crippen molar-refractivity contribution in [2.75, 3.05) is 7.11 Å². The van der Waals surface area contributed by atoms with E-state index in [0.717, 1.165) is 28.0 Å². The van der Waals surface area contributed by atoms with Gasteiger partial charge < -0.3 is 9.84 Å². The fourth-order valence-corrected chi connectivity index (χ4v) is 3.10. The highest BCUT2D eigenvalue weighted by atomic mass is 16.5. The molecule has 1 N–H and O–H groups in total. The summed E-state index contributed by atoms with van der Waals surface area (Å²) in [6.07, 6.45) is 1.39. The molecule has 0 spiro atoms. The van der Waals surface area contributed by atoms with Crippen LogP contribution in [-0.2, 0) is 0 Å². The fraction of sp³-hybridized carbons (Fsp3) is 0.263. The summed E-state index contributed by atoms with van der Waals surface area (Å²) in [4.78, 5) is 0. The number of rotatable bonds is 3. The van der Waals surface area contributed by atoms with E-state index in [1.54, 1.807) is 7.11 Å². The van der Waals surface area contributed by atoms with Gasteiger partial charge in [0.1, 0.15) is 5.75 Å². The molecule has 0 amide bonds. The van der Waals surface area contributed by atoms with E-state index in [2.05, 4.69) is 26.0 Å². The van der Waals surface area contributed by atoms with Crippen molar-refractivity contribution in [2.45, 2.75) is 25.9 Å². The minimum absolute atomic E-state index is 0.326. The molecule has 0 aromatic heterocycles. The topological polar surface area (TPSA) is 29.5 Å². The lowest BCUT2D eigenvalue weighted by Crippen LogP contribution is -2.02. The van der Waals surface area contributed by atoms with E-state index in [1.807, 2.05) is 36.4 Å². The van der Waals surface area contributed by atoms with Crippen molar-refractivity contribution in [3.05, 3.63) is 70.8 Å². The van der Waals surface area contributed by atoms with Crippen molar-refractivity contribution in [3.63, 3.8) is 0 Å².